The fourth-order valence-corrected chi connectivity index (χ4v) is 3.12. The van der Waals surface area contributed by atoms with E-state index in [1.54, 1.807) is 0 Å². The summed E-state index contributed by atoms with van der Waals surface area (Å²) in [6.45, 7) is 4.49. The van der Waals surface area contributed by atoms with E-state index in [2.05, 4.69) is 12.2 Å². The Labute approximate surface area is 158 Å². The lowest BCUT2D eigenvalue weighted by molar-refractivity contribution is -0.144. The van der Waals surface area contributed by atoms with Gasteiger partial charge in [-0.05, 0) is 31.5 Å². The third-order valence-corrected chi connectivity index (χ3v) is 4.57. The van der Waals surface area contributed by atoms with Crippen LogP contribution >= 0.6 is 11.6 Å². The van der Waals surface area contributed by atoms with Crippen LogP contribution in [0.4, 0.5) is 5.69 Å². The molecule has 1 N–H and O–H groups in total. The first-order valence-electron chi connectivity index (χ1n) is 9.86. The van der Waals surface area contributed by atoms with E-state index in [1.807, 2.05) is 31.2 Å². The summed E-state index contributed by atoms with van der Waals surface area (Å²) in [6.07, 6.45) is 12.3. The summed E-state index contributed by atoms with van der Waals surface area (Å²) in [4.78, 5) is 12.2. The molecule has 0 aliphatic heterocycles. The summed E-state index contributed by atoms with van der Waals surface area (Å²) in [7, 11) is 0. The lowest BCUT2D eigenvalue weighted by atomic mass is 10.0. The molecule has 1 aromatic rings. The summed E-state index contributed by atoms with van der Waals surface area (Å²) < 4.78 is 5.21. The molecule has 0 heterocycles. The molecule has 142 valence electrons. The number of halogens is 1. The van der Waals surface area contributed by atoms with E-state index in [4.69, 9.17) is 16.3 Å². The zero-order valence-corrected chi connectivity index (χ0v) is 16.6. The van der Waals surface area contributed by atoms with Gasteiger partial charge in [0.15, 0.2) is 0 Å². The van der Waals surface area contributed by atoms with Crippen LogP contribution in [0.5, 0.6) is 0 Å². The quantitative estimate of drug-likeness (QED) is 0.297. The Morgan fingerprint density at radius 3 is 2.28 bits per heavy atom. The monoisotopic (exact) mass is 367 g/mol. The average Bonchev–Trinajstić information content (AvgIpc) is 2.59. The first-order valence-corrected chi connectivity index (χ1v) is 10.2. The Morgan fingerprint density at radius 2 is 1.68 bits per heavy atom. The van der Waals surface area contributed by atoms with Crippen molar-refractivity contribution >= 4 is 23.3 Å². The van der Waals surface area contributed by atoms with Crippen molar-refractivity contribution in [1.29, 1.82) is 0 Å². The van der Waals surface area contributed by atoms with Gasteiger partial charge in [-0.25, -0.2) is 4.79 Å². The number of esters is 1. The Kier molecular flexibility index (Phi) is 12.2. The Bertz CT molecular complexity index is 479. The molecule has 1 atom stereocenters. The van der Waals surface area contributed by atoms with Gasteiger partial charge >= 0.3 is 5.97 Å². The van der Waals surface area contributed by atoms with Crippen LogP contribution in [0.1, 0.15) is 78.1 Å². The second-order valence-electron chi connectivity index (χ2n) is 6.58. The van der Waals surface area contributed by atoms with Crippen LogP contribution in [0.15, 0.2) is 24.3 Å². The van der Waals surface area contributed by atoms with Crippen molar-refractivity contribution in [3.63, 3.8) is 0 Å². The van der Waals surface area contributed by atoms with Crippen LogP contribution in [0.2, 0.25) is 5.02 Å². The molecule has 0 aliphatic rings. The van der Waals surface area contributed by atoms with Crippen molar-refractivity contribution in [3.05, 3.63) is 29.3 Å². The van der Waals surface area contributed by atoms with Crippen molar-refractivity contribution in [1.82, 2.24) is 0 Å². The molecule has 25 heavy (non-hydrogen) atoms. The Morgan fingerprint density at radius 1 is 1.04 bits per heavy atom. The number of ether oxygens (including phenoxy) is 1. The minimum absolute atomic E-state index is 0.179. The van der Waals surface area contributed by atoms with Crippen molar-refractivity contribution in [2.75, 3.05) is 11.9 Å². The van der Waals surface area contributed by atoms with Crippen LogP contribution < -0.4 is 5.32 Å². The van der Waals surface area contributed by atoms with Gasteiger partial charge in [0.2, 0.25) is 0 Å². The summed E-state index contributed by atoms with van der Waals surface area (Å²) in [5.41, 5.74) is 0.862. The van der Waals surface area contributed by atoms with Gasteiger partial charge in [-0.1, -0.05) is 82.4 Å². The highest BCUT2D eigenvalue weighted by Crippen LogP contribution is 2.18. The van der Waals surface area contributed by atoms with E-state index in [0.717, 1.165) is 18.5 Å². The first kappa shape index (κ1) is 21.8. The summed E-state index contributed by atoms with van der Waals surface area (Å²) in [5.74, 6) is -0.179. The van der Waals surface area contributed by atoms with Gasteiger partial charge in [0.1, 0.15) is 6.04 Å². The molecule has 3 nitrogen and oxygen atoms in total. The molecule has 0 saturated heterocycles. The molecule has 1 aromatic carbocycles. The molecule has 0 amide bonds. The smallest absolute Gasteiger partial charge is 0.328 e. The second kappa shape index (κ2) is 14.0. The normalized spacial score (nSPS) is 12.0. The third-order valence-electron chi connectivity index (χ3n) is 4.33. The van der Waals surface area contributed by atoms with Gasteiger partial charge in [-0.15, -0.1) is 0 Å². The van der Waals surface area contributed by atoms with Crippen LogP contribution in [0.3, 0.4) is 0 Å². The average molecular weight is 368 g/mol. The number of anilines is 1. The van der Waals surface area contributed by atoms with Gasteiger partial charge in [0.25, 0.3) is 0 Å². The van der Waals surface area contributed by atoms with Crippen molar-refractivity contribution in [2.24, 2.45) is 0 Å². The SMILES string of the molecule is CCCCCCCCCCC[C@@H](Nc1cccc(Cl)c1)C(=O)OCC. The molecule has 0 unspecified atom stereocenters. The Balaban J connectivity index is 2.30. The van der Waals surface area contributed by atoms with Gasteiger partial charge in [-0.3, -0.25) is 0 Å². The minimum atomic E-state index is -0.303. The third kappa shape index (κ3) is 10.4. The first-order chi connectivity index (χ1) is 12.2. The number of rotatable bonds is 14. The van der Waals surface area contributed by atoms with Crippen LogP contribution in [-0.4, -0.2) is 18.6 Å². The minimum Gasteiger partial charge on any atom is -0.464 e. The maximum atomic E-state index is 12.2. The fraction of sp³-hybridized carbons (Fsp3) is 0.667. The number of hydrogen-bond donors (Lipinski definition) is 1. The molecule has 4 heteroatoms. The highest BCUT2D eigenvalue weighted by Gasteiger charge is 2.19. The van der Waals surface area contributed by atoms with Crippen LogP contribution in [0, 0.1) is 0 Å². The topological polar surface area (TPSA) is 38.3 Å². The summed E-state index contributed by atoms with van der Waals surface area (Å²) in [6, 6.07) is 7.17. The van der Waals surface area contributed by atoms with E-state index in [1.165, 1.54) is 51.4 Å². The molecule has 0 aliphatic carbocycles. The number of carbonyl (C=O) groups is 1. The molecule has 0 radical (unpaired) electrons. The van der Waals surface area contributed by atoms with Gasteiger partial charge in [0, 0.05) is 10.7 Å². The number of nitrogens with one attached hydrogen (secondary N) is 1. The van der Waals surface area contributed by atoms with Crippen LogP contribution in [-0.2, 0) is 9.53 Å². The highest BCUT2D eigenvalue weighted by molar-refractivity contribution is 6.30. The predicted molar refractivity (Wildman–Crippen MR) is 107 cm³/mol. The number of benzene rings is 1. The second-order valence-corrected chi connectivity index (χ2v) is 7.01. The predicted octanol–water partition coefficient (Wildman–Crippen LogP) is 6.60. The summed E-state index contributed by atoms with van der Waals surface area (Å²) >= 11 is 6.02. The maximum Gasteiger partial charge on any atom is 0.328 e. The summed E-state index contributed by atoms with van der Waals surface area (Å²) in [5, 5.41) is 3.93. The van der Waals surface area contributed by atoms with Crippen molar-refractivity contribution < 1.29 is 9.53 Å². The van der Waals surface area contributed by atoms with E-state index >= 15 is 0 Å². The molecule has 0 aromatic heterocycles. The molecule has 0 saturated carbocycles. The molecule has 0 fully saturated rings. The lowest BCUT2D eigenvalue weighted by Gasteiger charge is -2.18. The van der Waals surface area contributed by atoms with Gasteiger partial charge in [-0.2, -0.15) is 0 Å². The number of unbranched alkanes of at least 4 members (excludes halogenated alkanes) is 8. The molecule has 0 spiro atoms. The zero-order chi connectivity index (χ0) is 18.3. The number of carbonyl (C=O) groups excluding carboxylic acids is 1. The molecular weight excluding hydrogens is 334 g/mol. The standard InChI is InChI=1S/C21H34ClNO2/c1-3-5-6-7-8-9-10-11-12-16-20(21(24)25-4-2)23-19-15-13-14-18(22)17-19/h13-15,17,20,23H,3-12,16H2,1-2H3/t20-/m1/s1. The lowest BCUT2D eigenvalue weighted by Crippen LogP contribution is -2.31. The van der Waals surface area contributed by atoms with Gasteiger partial charge < -0.3 is 10.1 Å². The number of hydrogen-bond acceptors (Lipinski definition) is 3. The highest BCUT2D eigenvalue weighted by atomic mass is 35.5. The van der Waals surface area contributed by atoms with E-state index in [0.29, 0.717) is 11.6 Å². The van der Waals surface area contributed by atoms with Crippen LogP contribution in [0.25, 0.3) is 0 Å². The van der Waals surface area contributed by atoms with E-state index in [-0.39, 0.29) is 12.0 Å². The molecule has 0 bridgehead atoms. The van der Waals surface area contributed by atoms with Crippen molar-refractivity contribution in [2.45, 2.75) is 84.1 Å². The maximum absolute atomic E-state index is 12.2. The van der Waals surface area contributed by atoms with E-state index in [9.17, 15) is 4.79 Å². The Hall–Kier alpha value is -1.22. The molecular formula is C21H34ClNO2. The zero-order valence-electron chi connectivity index (χ0n) is 15.9. The van der Waals surface area contributed by atoms with E-state index < -0.39 is 0 Å². The van der Waals surface area contributed by atoms with Gasteiger partial charge in [0.05, 0.1) is 6.61 Å². The largest absolute Gasteiger partial charge is 0.464 e. The molecule has 1 rings (SSSR count). The fourth-order valence-electron chi connectivity index (χ4n) is 2.93. The van der Waals surface area contributed by atoms with Crippen molar-refractivity contribution in [3.8, 4) is 0 Å².